The average Bonchev–Trinajstić information content (AvgIpc) is 2.91. The Bertz CT molecular complexity index is 1190. The lowest BCUT2D eigenvalue weighted by Crippen LogP contribution is -2.34. The van der Waals surface area contributed by atoms with E-state index < -0.39 is 17.5 Å². The molecule has 0 radical (unpaired) electrons. The minimum atomic E-state index is -1.36. The first-order chi connectivity index (χ1) is 15.4. The smallest absolute Gasteiger partial charge is 0.340 e. The van der Waals surface area contributed by atoms with Gasteiger partial charge in [-0.1, -0.05) is 24.3 Å². The molecule has 162 valence electrons. The number of rotatable bonds is 3. The Morgan fingerprint density at radius 2 is 1.66 bits per heavy atom. The third-order valence-corrected chi connectivity index (χ3v) is 5.73. The van der Waals surface area contributed by atoms with E-state index in [0.29, 0.717) is 46.9 Å². The van der Waals surface area contributed by atoms with Gasteiger partial charge in [-0.15, -0.1) is 0 Å². The second kappa shape index (κ2) is 7.28. The number of carbonyl (C=O) groups is 2. The summed E-state index contributed by atoms with van der Waals surface area (Å²) >= 11 is 0. The van der Waals surface area contributed by atoms with Crippen LogP contribution in [0.4, 0.5) is 0 Å². The van der Waals surface area contributed by atoms with Gasteiger partial charge in [-0.3, -0.25) is 4.79 Å². The maximum atomic E-state index is 13.0. The number of ether oxygens (including phenoxy) is 2. The molecule has 3 aliphatic rings. The standard InChI is InChI=1S/C24H20N2O6/c25-9-10-26-22(29)13-1-5-16-17(6-2-13)24(32-23(16)30)18-7-3-14(27)11-20(18)31-21-12-15(28)4-8-19(21)24/h1-8,11-13,27-28H,9-10,25H2,(H,26,29). The summed E-state index contributed by atoms with van der Waals surface area (Å²) in [6, 6.07) is 9.10. The number of benzene rings is 2. The highest BCUT2D eigenvalue weighted by Crippen LogP contribution is 2.57. The van der Waals surface area contributed by atoms with Crippen molar-refractivity contribution in [1.82, 2.24) is 5.32 Å². The Labute approximate surface area is 183 Å². The van der Waals surface area contributed by atoms with Crippen molar-refractivity contribution in [2.24, 2.45) is 11.7 Å². The number of carbonyl (C=O) groups excluding carboxylic acids is 2. The highest BCUT2D eigenvalue weighted by atomic mass is 16.6. The average molecular weight is 432 g/mol. The van der Waals surface area contributed by atoms with Gasteiger partial charge in [0.1, 0.15) is 23.0 Å². The zero-order valence-electron chi connectivity index (χ0n) is 16.9. The number of nitrogens with one attached hydrogen (secondary N) is 1. The fourth-order valence-corrected chi connectivity index (χ4v) is 4.30. The summed E-state index contributed by atoms with van der Waals surface area (Å²) in [5, 5.41) is 22.7. The van der Waals surface area contributed by atoms with E-state index in [1.165, 1.54) is 24.3 Å². The second-order valence-electron chi connectivity index (χ2n) is 7.68. The molecule has 0 fully saturated rings. The molecule has 5 rings (SSSR count). The molecule has 1 atom stereocenters. The predicted octanol–water partition coefficient (Wildman–Crippen LogP) is 2.12. The van der Waals surface area contributed by atoms with Crippen molar-refractivity contribution < 1.29 is 29.3 Å². The summed E-state index contributed by atoms with van der Waals surface area (Å²) < 4.78 is 11.9. The molecule has 1 unspecified atom stereocenters. The van der Waals surface area contributed by atoms with Gasteiger partial charge in [0.05, 0.1) is 11.5 Å². The van der Waals surface area contributed by atoms with Crippen LogP contribution < -0.4 is 15.8 Å². The number of hydrogen-bond donors (Lipinski definition) is 4. The molecular formula is C24H20N2O6. The Hall–Kier alpha value is -4.04. The largest absolute Gasteiger partial charge is 0.508 e. The normalized spacial score (nSPS) is 19.5. The van der Waals surface area contributed by atoms with Crippen molar-refractivity contribution in [2.45, 2.75) is 5.60 Å². The van der Waals surface area contributed by atoms with Gasteiger partial charge in [0, 0.05) is 41.9 Å². The molecule has 1 amide bonds. The molecule has 0 saturated carbocycles. The van der Waals surface area contributed by atoms with E-state index in [9.17, 15) is 19.8 Å². The van der Waals surface area contributed by atoms with Crippen molar-refractivity contribution in [3.05, 3.63) is 83.0 Å². The number of esters is 1. The van der Waals surface area contributed by atoms with E-state index in [-0.39, 0.29) is 17.4 Å². The van der Waals surface area contributed by atoms with Gasteiger partial charge in [0.25, 0.3) is 0 Å². The molecule has 0 saturated heterocycles. The van der Waals surface area contributed by atoms with Crippen LogP contribution in [0.1, 0.15) is 11.1 Å². The van der Waals surface area contributed by atoms with Gasteiger partial charge in [-0.2, -0.15) is 0 Å². The van der Waals surface area contributed by atoms with Crippen LogP contribution in [0.5, 0.6) is 23.0 Å². The summed E-state index contributed by atoms with van der Waals surface area (Å²) in [4.78, 5) is 25.5. The number of phenolic OH excluding ortho intramolecular Hbond substituents is 2. The van der Waals surface area contributed by atoms with Crippen molar-refractivity contribution in [3.63, 3.8) is 0 Å². The molecule has 2 aromatic carbocycles. The molecule has 0 aromatic heterocycles. The van der Waals surface area contributed by atoms with E-state index in [2.05, 4.69) is 5.32 Å². The lowest BCUT2D eigenvalue weighted by molar-refractivity contribution is -0.144. The molecule has 32 heavy (non-hydrogen) atoms. The maximum Gasteiger partial charge on any atom is 0.340 e. The number of nitrogens with two attached hydrogens (primary N) is 1. The zero-order chi connectivity index (χ0) is 22.5. The van der Waals surface area contributed by atoms with Crippen LogP contribution in [0.15, 0.2) is 71.8 Å². The van der Waals surface area contributed by atoms with Crippen LogP contribution in [-0.2, 0) is 19.9 Å². The minimum absolute atomic E-state index is 0.0195. The van der Waals surface area contributed by atoms with Gasteiger partial charge in [0.15, 0.2) is 5.60 Å². The minimum Gasteiger partial charge on any atom is -0.508 e. The van der Waals surface area contributed by atoms with E-state index in [0.717, 1.165) is 0 Å². The van der Waals surface area contributed by atoms with Crippen molar-refractivity contribution >= 4 is 11.9 Å². The van der Waals surface area contributed by atoms with E-state index in [4.69, 9.17) is 15.2 Å². The van der Waals surface area contributed by atoms with Gasteiger partial charge < -0.3 is 30.7 Å². The predicted molar refractivity (Wildman–Crippen MR) is 114 cm³/mol. The number of aromatic hydroxyl groups is 2. The van der Waals surface area contributed by atoms with Crippen LogP contribution in [-0.4, -0.2) is 35.2 Å². The Kier molecular flexibility index (Phi) is 4.53. The van der Waals surface area contributed by atoms with E-state index in [1.807, 2.05) is 0 Å². The lowest BCUT2D eigenvalue weighted by Gasteiger charge is -2.37. The first-order valence-electron chi connectivity index (χ1n) is 10.1. The number of fused-ring (bicyclic) bond motifs is 5. The van der Waals surface area contributed by atoms with Gasteiger partial charge >= 0.3 is 5.97 Å². The highest BCUT2D eigenvalue weighted by Gasteiger charge is 2.54. The zero-order valence-corrected chi connectivity index (χ0v) is 16.9. The quantitative estimate of drug-likeness (QED) is 0.547. The van der Waals surface area contributed by atoms with Gasteiger partial charge in [0.2, 0.25) is 5.91 Å². The van der Waals surface area contributed by atoms with Gasteiger partial charge in [-0.25, -0.2) is 4.79 Å². The monoisotopic (exact) mass is 432 g/mol. The number of phenols is 2. The molecular weight excluding hydrogens is 412 g/mol. The molecule has 2 heterocycles. The Balaban J connectivity index is 1.69. The summed E-state index contributed by atoms with van der Waals surface area (Å²) in [7, 11) is 0. The first-order valence-corrected chi connectivity index (χ1v) is 10.1. The fourth-order valence-electron chi connectivity index (χ4n) is 4.30. The van der Waals surface area contributed by atoms with Crippen LogP contribution in [0, 0.1) is 5.92 Å². The molecule has 2 aromatic rings. The molecule has 8 heteroatoms. The second-order valence-corrected chi connectivity index (χ2v) is 7.68. The van der Waals surface area contributed by atoms with E-state index in [1.54, 1.807) is 36.4 Å². The van der Waals surface area contributed by atoms with Crippen molar-refractivity contribution in [2.75, 3.05) is 13.1 Å². The fraction of sp³-hybridized carbons (Fsp3) is 0.167. The molecule has 5 N–H and O–H groups in total. The molecule has 1 spiro atoms. The first kappa shape index (κ1) is 19.9. The Morgan fingerprint density at radius 1 is 1.03 bits per heavy atom. The maximum absolute atomic E-state index is 13.0. The number of amides is 1. The van der Waals surface area contributed by atoms with Gasteiger partial charge in [-0.05, 0) is 24.3 Å². The summed E-state index contributed by atoms with van der Waals surface area (Å²) in [6.07, 6.45) is 6.64. The van der Waals surface area contributed by atoms with Crippen molar-refractivity contribution in [1.29, 1.82) is 0 Å². The molecule has 0 bridgehead atoms. The third-order valence-electron chi connectivity index (χ3n) is 5.73. The van der Waals surface area contributed by atoms with Crippen LogP contribution >= 0.6 is 0 Å². The lowest BCUT2D eigenvalue weighted by atomic mass is 9.77. The topological polar surface area (TPSA) is 131 Å². The molecule has 2 aliphatic heterocycles. The summed E-state index contributed by atoms with van der Waals surface area (Å²) in [5.74, 6) is -0.816. The Morgan fingerprint density at radius 3 is 2.28 bits per heavy atom. The van der Waals surface area contributed by atoms with E-state index >= 15 is 0 Å². The van der Waals surface area contributed by atoms with Crippen LogP contribution in [0.2, 0.25) is 0 Å². The van der Waals surface area contributed by atoms with Crippen molar-refractivity contribution in [3.8, 4) is 23.0 Å². The molecule has 1 aliphatic carbocycles. The van der Waals surface area contributed by atoms with Crippen LogP contribution in [0.3, 0.4) is 0 Å². The summed E-state index contributed by atoms with van der Waals surface area (Å²) in [5.41, 5.74) is 6.01. The SMILES string of the molecule is NCCNC(=O)C1C=CC2=C(C=C1)C1(OC2=O)c2ccc(O)cc2Oc2cc(O)ccc21. The summed E-state index contributed by atoms with van der Waals surface area (Å²) in [6.45, 7) is 0.671. The molecule has 8 nitrogen and oxygen atoms in total. The third kappa shape index (κ3) is 2.88. The van der Waals surface area contributed by atoms with Crippen LogP contribution in [0.25, 0.3) is 0 Å². The number of hydrogen-bond acceptors (Lipinski definition) is 7. The highest BCUT2D eigenvalue weighted by molar-refractivity contribution is 5.99.